The highest BCUT2D eigenvalue weighted by Gasteiger charge is 2.31. The second kappa shape index (κ2) is 13.1. The number of aryl methyl sites for hydroxylation is 1. The molecule has 2 heterocycles. The highest BCUT2D eigenvalue weighted by atomic mass is 19.4. The van der Waals surface area contributed by atoms with Gasteiger partial charge in [-0.3, -0.25) is 9.69 Å². The van der Waals surface area contributed by atoms with E-state index in [0.29, 0.717) is 28.2 Å². The van der Waals surface area contributed by atoms with Crippen LogP contribution in [0.5, 0.6) is 5.75 Å². The maximum absolute atomic E-state index is 13.0. The molecule has 0 aliphatic carbocycles. The molecule has 1 aliphatic heterocycles. The first-order valence-electron chi connectivity index (χ1n) is 13.7. The summed E-state index contributed by atoms with van der Waals surface area (Å²) in [6, 6.07) is 18.4. The summed E-state index contributed by atoms with van der Waals surface area (Å²) < 4.78 is 47.0. The monoisotopic (exact) mass is 592 g/mol. The van der Waals surface area contributed by atoms with Gasteiger partial charge in [-0.05, 0) is 72.6 Å². The maximum Gasteiger partial charge on any atom is 0.573 e. The van der Waals surface area contributed by atoms with Gasteiger partial charge >= 0.3 is 6.36 Å². The number of carbonyl (C=O) groups excluding carboxylic acids is 1. The Balaban J connectivity index is 1.25. The zero-order valence-electron chi connectivity index (χ0n) is 23.7. The van der Waals surface area contributed by atoms with Gasteiger partial charge in [0.15, 0.2) is 0 Å². The summed E-state index contributed by atoms with van der Waals surface area (Å²) in [6.45, 7) is 5.98. The fourth-order valence-electron chi connectivity index (χ4n) is 4.61. The van der Waals surface area contributed by atoms with Gasteiger partial charge in [0.25, 0.3) is 5.91 Å². The number of rotatable bonds is 9. The van der Waals surface area contributed by atoms with Gasteiger partial charge in [0.2, 0.25) is 5.95 Å². The second-order valence-corrected chi connectivity index (χ2v) is 9.97. The van der Waals surface area contributed by atoms with E-state index in [1.54, 1.807) is 37.5 Å². The van der Waals surface area contributed by atoms with Crippen molar-refractivity contribution in [3.63, 3.8) is 0 Å². The quantitative estimate of drug-likeness (QED) is 0.211. The molecule has 0 atom stereocenters. The number of halogens is 3. The molecular formula is C31H31F3N6O3. The molecule has 0 unspecified atom stereocenters. The van der Waals surface area contributed by atoms with E-state index in [1.807, 2.05) is 19.1 Å². The van der Waals surface area contributed by atoms with Crippen LogP contribution in [0.1, 0.15) is 21.5 Å². The molecule has 3 N–H and O–H groups in total. The van der Waals surface area contributed by atoms with E-state index in [0.717, 1.165) is 49.7 Å². The van der Waals surface area contributed by atoms with Gasteiger partial charge in [-0.25, -0.2) is 9.97 Å². The number of hydrogen-bond donors (Lipinski definition) is 3. The van der Waals surface area contributed by atoms with Crippen molar-refractivity contribution < 1.29 is 27.4 Å². The lowest BCUT2D eigenvalue weighted by atomic mass is 10.1. The Morgan fingerprint density at radius 3 is 2.40 bits per heavy atom. The lowest BCUT2D eigenvalue weighted by Crippen LogP contribution is -2.35. The molecule has 9 nitrogen and oxygen atoms in total. The van der Waals surface area contributed by atoms with Crippen LogP contribution in [0.4, 0.5) is 36.2 Å². The summed E-state index contributed by atoms with van der Waals surface area (Å²) >= 11 is 0. The van der Waals surface area contributed by atoms with Crippen molar-refractivity contribution in [2.45, 2.75) is 19.8 Å². The number of nitrogens with zero attached hydrogens (tertiary/aromatic N) is 3. The summed E-state index contributed by atoms with van der Waals surface area (Å²) in [5, 5.41) is 9.12. The van der Waals surface area contributed by atoms with E-state index in [2.05, 4.69) is 41.6 Å². The standard InChI is InChI=1S/C31H31F3N6O3/c1-20-3-4-21(19-40-13-15-42-16-14-40)17-26(20)38-29(41)23-5-9-24(10-6-23)37-30-36-18-27(35-2)28(39-30)22-7-11-25(12-8-22)43-31(32,33)34/h3-12,17-18,35H,13-16,19H2,1-2H3,(H,38,41)(H,36,37,39). The van der Waals surface area contributed by atoms with Crippen molar-refractivity contribution in [3.05, 3.63) is 89.6 Å². The van der Waals surface area contributed by atoms with Crippen LogP contribution in [-0.4, -0.2) is 60.5 Å². The molecule has 3 aromatic carbocycles. The van der Waals surface area contributed by atoms with Crippen LogP contribution < -0.4 is 20.7 Å². The number of ether oxygens (including phenoxy) is 2. The number of carbonyl (C=O) groups is 1. The van der Waals surface area contributed by atoms with Crippen molar-refractivity contribution >= 4 is 28.9 Å². The van der Waals surface area contributed by atoms with E-state index >= 15 is 0 Å². The molecule has 1 saturated heterocycles. The molecule has 224 valence electrons. The lowest BCUT2D eigenvalue weighted by molar-refractivity contribution is -0.274. The molecule has 1 fully saturated rings. The molecule has 0 saturated carbocycles. The minimum absolute atomic E-state index is 0.229. The van der Waals surface area contributed by atoms with Crippen molar-refractivity contribution in [1.29, 1.82) is 0 Å². The van der Waals surface area contributed by atoms with Crippen LogP contribution >= 0.6 is 0 Å². The third-order valence-electron chi connectivity index (χ3n) is 6.88. The molecular weight excluding hydrogens is 561 g/mol. The lowest BCUT2D eigenvalue weighted by Gasteiger charge is -2.26. The first kappa shape index (κ1) is 29.8. The van der Waals surface area contributed by atoms with Gasteiger partial charge in [-0.1, -0.05) is 12.1 Å². The topological polar surface area (TPSA) is 101 Å². The maximum atomic E-state index is 13.0. The summed E-state index contributed by atoms with van der Waals surface area (Å²) in [4.78, 5) is 24.2. The number of aromatic nitrogens is 2. The molecule has 43 heavy (non-hydrogen) atoms. The van der Waals surface area contributed by atoms with E-state index in [9.17, 15) is 18.0 Å². The molecule has 1 aliphatic rings. The van der Waals surface area contributed by atoms with Crippen LogP contribution in [0, 0.1) is 6.92 Å². The van der Waals surface area contributed by atoms with E-state index in [4.69, 9.17) is 4.74 Å². The number of hydrogen-bond acceptors (Lipinski definition) is 8. The Morgan fingerprint density at radius 1 is 1.00 bits per heavy atom. The van der Waals surface area contributed by atoms with Crippen LogP contribution in [0.3, 0.4) is 0 Å². The molecule has 0 spiro atoms. The molecule has 0 bridgehead atoms. The van der Waals surface area contributed by atoms with Gasteiger partial charge in [0, 0.05) is 49.2 Å². The second-order valence-electron chi connectivity index (χ2n) is 9.97. The predicted molar refractivity (Wildman–Crippen MR) is 159 cm³/mol. The Morgan fingerprint density at radius 2 is 1.72 bits per heavy atom. The SMILES string of the molecule is CNc1cnc(Nc2ccc(C(=O)Nc3cc(CN4CCOCC4)ccc3C)cc2)nc1-c1ccc(OC(F)(F)F)cc1. The van der Waals surface area contributed by atoms with Crippen molar-refractivity contribution in [2.75, 3.05) is 49.3 Å². The number of amides is 1. The number of alkyl halides is 3. The van der Waals surface area contributed by atoms with Crippen molar-refractivity contribution in [3.8, 4) is 17.0 Å². The molecule has 12 heteroatoms. The van der Waals surface area contributed by atoms with Gasteiger partial charge in [-0.15, -0.1) is 13.2 Å². The Hall–Kier alpha value is -4.68. The Bertz CT molecular complexity index is 1560. The minimum atomic E-state index is -4.77. The van der Waals surface area contributed by atoms with Crippen LogP contribution in [-0.2, 0) is 11.3 Å². The Kier molecular flexibility index (Phi) is 9.07. The minimum Gasteiger partial charge on any atom is -0.406 e. The smallest absolute Gasteiger partial charge is 0.406 e. The first-order valence-corrected chi connectivity index (χ1v) is 13.7. The fourth-order valence-corrected chi connectivity index (χ4v) is 4.61. The normalized spacial score (nSPS) is 13.8. The van der Waals surface area contributed by atoms with E-state index in [1.165, 1.54) is 24.3 Å². The summed E-state index contributed by atoms with van der Waals surface area (Å²) in [7, 11) is 1.70. The van der Waals surface area contributed by atoms with Crippen LogP contribution in [0.15, 0.2) is 72.9 Å². The zero-order valence-corrected chi connectivity index (χ0v) is 23.7. The van der Waals surface area contributed by atoms with Gasteiger partial charge in [0.1, 0.15) is 5.75 Å². The van der Waals surface area contributed by atoms with Gasteiger partial charge < -0.3 is 25.4 Å². The van der Waals surface area contributed by atoms with Crippen molar-refractivity contribution in [2.24, 2.45) is 0 Å². The van der Waals surface area contributed by atoms with Crippen LogP contribution in [0.2, 0.25) is 0 Å². The predicted octanol–water partition coefficient (Wildman–Crippen LogP) is 6.22. The van der Waals surface area contributed by atoms with Crippen molar-refractivity contribution in [1.82, 2.24) is 14.9 Å². The van der Waals surface area contributed by atoms with Gasteiger partial charge in [0.05, 0.1) is 30.8 Å². The highest BCUT2D eigenvalue weighted by molar-refractivity contribution is 6.04. The summed E-state index contributed by atoms with van der Waals surface area (Å²) in [5.74, 6) is -0.280. The number of morpholine rings is 1. The summed E-state index contributed by atoms with van der Waals surface area (Å²) in [6.07, 6.45) is -3.20. The zero-order chi connectivity index (χ0) is 30.4. The third kappa shape index (κ3) is 7.99. The van der Waals surface area contributed by atoms with Gasteiger partial charge in [-0.2, -0.15) is 0 Å². The summed E-state index contributed by atoms with van der Waals surface area (Å²) in [5.41, 5.74) is 5.64. The molecule has 0 radical (unpaired) electrons. The Labute approximate surface area is 247 Å². The number of anilines is 4. The average Bonchev–Trinajstić information content (AvgIpc) is 2.99. The highest BCUT2D eigenvalue weighted by Crippen LogP contribution is 2.30. The third-order valence-corrected chi connectivity index (χ3v) is 6.88. The number of nitrogens with one attached hydrogen (secondary N) is 3. The molecule has 1 aromatic heterocycles. The first-order chi connectivity index (χ1) is 20.7. The number of benzene rings is 3. The van der Waals surface area contributed by atoms with Crippen LogP contribution in [0.25, 0.3) is 11.3 Å². The molecule has 1 amide bonds. The van der Waals surface area contributed by atoms with E-state index < -0.39 is 6.36 Å². The molecule has 4 aromatic rings. The molecule has 5 rings (SSSR count). The largest absolute Gasteiger partial charge is 0.573 e. The van der Waals surface area contributed by atoms with E-state index in [-0.39, 0.29) is 17.6 Å². The fraction of sp³-hybridized carbons (Fsp3) is 0.258. The average molecular weight is 593 g/mol.